The van der Waals surface area contributed by atoms with Gasteiger partial charge in [0, 0.05) is 24.3 Å². The van der Waals surface area contributed by atoms with Crippen LogP contribution in [0.25, 0.3) is 0 Å². The lowest BCUT2D eigenvalue weighted by Crippen LogP contribution is -2.27. The maximum atomic E-state index is 5.86. The first-order valence-electron chi connectivity index (χ1n) is 6.94. The van der Waals surface area contributed by atoms with Crippen molar-refractivity contribution in [3.63, 3.8) is 0 Å². The third-order valence-electron chi connectivity index (χ3n) is 4.17. The number of nitrogens with two attached hydrogens (primary N) is 1. The maximum Gasteiger partial charge on any atom is 0.106 e. The van der Waals surface area contributed by atoms with Crippen LogP contribution in [0, 0.1) is 18.3 Å². The number of nitrogens with zero attached hydrogens (tertiary/aromatic N) is 1. The SMILES string of the molecule is Cc1ccc(C(N)=S)c(N2CCC(C(C)(C)C)C2)c1. The number of aryl methyl sites for hydroxylation is 1. The summed E-state index contributed by atoms with van der Waals surface area (Å²) in [5.74, 6) is 0.729. The minimum atomic E-state index is 0.363. The minimum Gasteiger partial charge on any atom is -0.389 e. The molecule has 1 aliphatic rings. The van der Waals surface area contributed by atoms with Crippen molar-refractivity contribution in [2.45, 2.75) is 34.1 Å². The Morgan fingerprint density at radius 3 is 2.58 bits per heavy atom. The van der Waals surface area contributed by atoms with E-state index in [-0.39, 0.29) is 0 Å². The summed E-state index contributed by atoms with van der Waals surface area (Å²) >= 11 is 5.18. The molecule has 0 amide bonds. The Morgan fingerprint density at radius 2 is 2.05 bits per heavy atom. The van der Waals surface area contributed by atoms with Crippen LogP contribution in [0.4, 0.5) is 5.69 Å². The van der Waals surface area contributed by atoms with Gasteiger partial charge in [-0.15, -0.1) is 0 Å². The molecule has 1 saturated heterocycles. The van der Waals surface area contributed by atoms with Gasteiger partial charge in [-0.3, -0.25) is 0 Å². The Morgan fingerprint density at radius 1 is 1.37 bits per heavy atom. The van der Waals surface area contributed by atoms with Crippen molar-refractivity contribution in [2.75, 3.05) is 18.0 Å². The van der Waals surface area contributed by atoms with E-state index in [1.165, 1.54) is 17.7 Å². The van der Waals surface area contributed by atoms with E-state index in [4.69, 9.17) is 18.0 Å². The Labute approximate surface area is 122 Å². The highest BCUT2D eigenvalue weighted by Crippen LogP contribution is 2.36. The predicted molar refractivity (Wildman–Crippen MR) is 86.8 cm³/mol. The molecule has 0 radical (unpaired) electrons. The van der Waals surface area contributed by atoms with Crippen molar-refractivity contribution in [3.8, 4) is 0 Å². The zero-order chi connectivity index (χ0) is 14.2. The average Bonchev–Trinajstić information content (AvgIpc) is 2.77. The molecule has 0 aliphatic carbocycles. The number of benzene rings is 1. The molecule has 0 aromatic heterocycles. The molecule has 1 aromatic rings. The molecule has 1 atom stereocenters. The molecule has 2 N–H and O–H groups in total. The first kappa shape index (κ1) is 14.3. The van der Waals surface area contributed by atoms with Gasteiger partial charge in [0.15, 0.2) is 0 Å². The monoisotopic (exact) mass is 276 g/mol. The van der Waals surface area contributed by atoms with Gasteiger partial charge >= 0.3 is 0 Å². The van der Waals surface area contributed by atoms with E-state index >= 15 is 0 Å². The molecule has 1 unspecified atom stereocenters. The molecule has 1 fully saturated rings. The Balaban J connectivity index is 2.28. The van der Waals surface area contributed by atoms with Gasteiger partial charge in [0.05, 0.1) is 0 Å². The molecule has 19 heavy (non-hydrogen) atoms. The van der Waals surface area contributed by atoms with E-state index in [9.17, 15) is 0 Å². The second kappa shape index (κ2) is 5.12. The van der Waals surface area contributed by atoms with Gasteiger partial charge in [-0.1, -0.05) is 39.1 Å². The molecule has 1 aliphatic heterocycles. The van der Waals surface area contributed by atoms with Crippen LogP contribution in [-0.4, -0.2) is 18.1 Å². The van der Waals surface area contributed by atoms with Crippen LogP contribution in [0.15, 0.2) is 18.2 Å². The van der Waals surface area contributed by atoms with Crippen LogP contribution in [0.3, 0.4) is 0 Å². The summed E-state index contributed by atoms with van der Waals surface area (Å²) in [4.78, 5) is 2.94. The van der Waals surface area contributed by atoms with Crippen LogP contribution in [0.1, 0.15) is 38.3 Å². The molecule has 2 nitrogen and oxygen atoms in total. The molecular weight excluding hydrogens is 252 g/mol. The second-order valence-corrected chi connectivity index (χ2v) is 7.12. The number of anilines is 1. The summed E-state index contributed by atoms with van der Waals surface area (Å²) in [6.45, 7) is 11.3. The topological polar surface area (TPSA) is 29.3 Å². The van der Waals surface area contributed by atoms with E-state index in [1.807, 2.05) is 0 Å². The summed E-state index contributed by atoms with van der Waals surface area (Å²) < 4.78 is 0. The van der Waals surface area contributed by atoms with Crippen LogP contribution >= 0.6 is 12.2 Å². The highest BCUT2D eigenvalue weighted by molar-refractivity contribution is 7.80. The van der Waals surface area contributed by atoms with E-state index in [1.54, 1.807) is 0 Å². The van der Waals surface area contributed by atoms with Crippen molar-refractivity contribution < 1.29 is 0 Å². The predicted octanol–water partition coefficient (Wildman–Crippen LogP) is 3.50. The van der Waals surface area contributed by atoms with Gasteiger partial charge in [-0.2, -0.15) is 0 Å². The fourth-order valence-electron chi connectivity index (χ4n) is 2.80. The van der Waals surface area contributed by atoms with E-state index in [2.05, 4.69) is 50.8 Å². The second-order valence-electron chi connectivity index (χ2n) is 6.68. The molecule has 1 aromatic carbocycles. The fourth-order valence-corrected chi connectivity index (χ4v) is 2.97. The maximum absolute atomic E-state index is 5.86. The number of hydrogen-bond acceptors (Lipinski definition) is 2. The summed E-state index contributed by atoms with van der Waals surface area (Å²) in [5, 5.41) is 0. The molecule has 2 rings (SSSR count). The van der Waals surface area contributed by atoms with Crippen LogP contribution in [0.5, 0.6) is 0 Å². The molecular formula is C16H24N2S. The molecule has 0 bridgehead atoms. The van der Waals surface area contributed by atoms with E-state index < -0.39 is 0 Å². The molecule has 0 spiro atoms. The summed E-state index contributed by atoms with van der Waals surface area (Å²) in [5.41, 5.74) is 9.70. The quantitative estimate of drug-likeness (QED) is 0.838. The standard InChI is InChI=1S/C16H24N2S/c1-11-5-6-13(15(17)19)14(9-11)18-8-7-12(10-18)16(2,3)4/h5-6,9,12H,7-8,10H2,1-4H3,(H2,17,19). The smallest absolute Gasteiger partial charge is 0.106 e. The van der Waals surface area contributed by atoms with Gasteiger partial charge in [0.1, 0.15) is 4.99 Å². The number of hydrogen-bond donors (Lipinski definition) is 1. The van der Waals surface area contributed by atoms with Gasteiger partial charge in [0.2, 0.25) is 0 Å². The fraction of sp³-hybridized carbons (Fsp3) is 0.562. The minimum absolute atomic E-state index is 0.363. The zero-order valence-electron chi connectivity index (χ0n) is 12.4. The third-order valence-corrected chi connectivity index (χ3v) is 4.39. The van der Waals surface area contributed by atoms with Gasteiger partial charge in [0.25, 0.3) is 0 Å². The lowest BCUT2D eigenvalue weighted by Gasteiger charge is -2.28. The zero-order valence-corrected chi connectivity index (χ0v) is 13.2. The van der Waals surface area contributed by atoms with Crippen molar-refractivity contribution in [2.24, 2.45) is 17.1 Å². The summed E-state index contributed by atoms with van der Waals surface area (Å²) in [7, 11) is 0. The molecule has 3 heteroatoms. The summed E-state index contributed by atoms with van der Waals surface area (Å²) in [6, 6.07) is 6.34. The van der Waals surface area contributed by atoms with Crippen molar-refractivity contribution >= 4 is 22.9 Å². The normalized spacial score (nSPS) is 19.8. The van der Waals surface area contributed by atoms with Crippen molar-refractivity contribution in [1.82, 2.24) is 0 Å². The van der Waals surface area contributed by atoms with E-state index in [0.29, 0.717) is 10.4 Å². The van der Waals surface area contributed by atoms with Crippen molar-refractivity contribution in [1.29, 1.82) is 0 Å². The lowest BCUT2D eigenvalue weighted by molar-refractivity contribution is 0.263. The van der Waals surface area contributed by atoms with Gasteiger partial charge < -0.3 is 10.6 Å². The van der Waals surface area contributed by atoms with Crippen LogP contribution < -0.4 is 10.6 Å². The van der Waals surface area contributed by atoms with E-state index in [0.717, 1.165) is 24.6 Å². The average molecular weight is 276 g/mol. The number of rotatable bonds is 2. The van der Waals surface area contributed by atoms with Gasteiger partial charge in [-0.25, -0.2) is 0 Å². The molecule has 0 saturated carbocycles. The molecule has 104 valence electrons. The highest BCUT2D eigenvalue weighted by Gasteiger charge is 2.32. The Hall–Kier alpha value is -1.09. The van der Waals surface area contributed by atoms with Gasteiger partial charge in [-0.05, 0) is 42.4 Å². The Kier molecular flexibility index (Phi) is 3.86. The van der Waals surface area contributed by atoms with Crippen LogP contribution in [0.2, 0.25) is 0 Å². The molecule has 1 heterocycles. The number of thiocarbonyl (C=S) groups is 1. The Bertz CT molecular complexity index is 488. The first-order valence-corrected chi connectivity index (χ1v) is 7.35. The largest absolute Gasteiger partial charge is 0.389 e. The summed E-state index contributed by atoms with van der Waals surface area (Å²) in [6.07, 6.45) is 1.24. The third kappa shape index (κ3) is 3.08. The van der Waals surface area contributed by atoms with Crippen LogP contribution in [-0.2, 0) is 0 Å². The lowest BCUT2D eigenvalue weighted by atomic mass is 9.80. The first-order chi connectivity index (χ1) is 8.79. The van der Waals surface area contributed by atoms with Crippen molar-refractivity contribution in [3.05, 3.63) is 29.3 Å². The highest BCUT2D eigenvalue weighted by atomic mass is 32.1.